The van der Waals surface area contributed by atoms with Crippen molar-refractivity contribution in [2.75, 3.05) is 0 Å². The van der Waals surface area contributed by atoms with Crippen molar-refractivity contribution in [1.29, 1.82) is 0 Å². The van der Waals surface area contributed by atoms with Gasteiger partial charge in [0.15, 0.2) is 8.67 Å². The summed E-state index contributed by atoms with van der Waals surface area (Å²) >= 11 is 36.0. The van der Waals surface area contributed by atoms with Crippen LogP contribution in [0.3, 0.4) is 0 Å². The van der Waals surface area contributed by atoms with Crippen molar-refractivity contribution in [2.45, 2.75) is 20.0 Å². The molecular formula is C7H3Cl6. The number of hydrogen-bond donors (Lipinski definition) is 0. The molecule has 0 amide bonds. The third-order valence-electron chi connectivity index (χ3n) is 2.49. The van der Waals surface area contributed by atoms with Crippen LogP contribution in [0.2, 0.25) is 0 Å². The average Bonchev–Trinajstić information content (AvgIpc) is 2.34. The molecule has 0 N–H and O–H groups in total. The molecule has 1 saturated carbocycles. The van der Waals surface area contributed by atoms with E-state index in [-0.39, 0.29) is 5.92 Å². The van der Waals surface area contributed by atoms with E-state index in [9.17, 15) is 0 Å². The van der Waals surface area contributed by atoms with Crippen LogP contribution in [0.4, 0.5) is 0 Å². The standard InChI is InChI=1S/C7H3Cl6/c8-4-1-3-2-5(4,9)7(12,13)6(3,10)11/h3H,2H2. The summed E-state index contributed by atoms with van der Waals surface area (Å²) in [6.07, 6.45) is 3.28. The maximum Gasteiger partial charge on any atom is 0.175 e. The molecule has 1 fully saturated rings. The maximum atomic E-state index is 6.16. The molecule has 0 spiro atoms. The molecule has 0 nitrogen and oxygen atoms in total. The lowest BCUT2D eigenvalue weighted by Crippen LogP contribution is -2.48. The molecule has 0 aromatic heterocycles. The minimum absolute atomic E-state index is 0.307. The van der Waals surface area contributed by atoms with Crippen LogP contribution in [0.15, 0.2) is 5.03 Å². The van der Waals surface area contributed by atoms with Gasteiger partial charge in [0.05, 0.1) is 0 Å². The summed E-state index contributed by atoms with van der Waals surface area (Å²) in [7, 11) is 0. The first-order chi connectivity index (χ1) is 5.73. The summed E-state index contributed by atoms with van der Waals surface area (Å²) in [6, 6.07) is 0. The van der Waals surface area contributed by atoms with Crippen molar-refractivity contribution in [3.63, 3.8) is 0 Å². The zero-order valence-corrected chi connectivity index (χ0v) is 10.6. The number of fused-ring (bicyclic) bond motifs is 2. The van der Waals surface area contributed by atoms with E-state index in [4.69, 9.17) is 69.6 Å². The van der Waals surface area contributed by atoms with Gasteiger partial charge in [-0.15, -0.1) is 11.6 Å². The molecule has 73 valence electrons. The zero-order chi connectivity index (χ0) is 10.1. The molecule has 13 heavy (non-hydrogen) atoms. The topological polar surface area (TPSA) is 0 Å². The highest BCUT2D eigenvalue weighted by molar-refractivity contribution is 6.67. The van der Waals surface area contributed by atoms with Crippen LogP contribution in [-0.2, 0) is 0 Å². The summed E-state index contributed by atoms with van der Waals surface area (Å²) in [6.45, 7) is 0. The minimum Gasteiger partial charge on any atom is -0.110 e. The van der Waals surface area contributed by atoms with Gasteiger partial charge in [0.1, 0.15) is 4.87 Å². The van der Waals surface area contributed by atoms with Crippen LogP contribution in [0, 0.1) is 12.0 Å². The largest absolute Gasteiger partial charge is 0.175 e. The van der Waals surface area contributed by atoms with Gasteiger partial charge in [0, 0.05) is 11.0 Å². The number of halogens is 6. The lowest BCUT2D eigenvalue weighted by Gasteiger charge is -2.38. The number of rotatable bonds is 0. The maximum absolute atomic E-state index is 6.16. The van der Waals surface area contributed by atoms with Crippen molar-refractivity contribution >= 4 is 69.6 Å². The molecule has 2 aliphatic rings. The molecule has 0 aromatic carbocycles. The Morgan fingerprint density at radius 3 is 2.00 bits per heavy atom. The van der Waals surface area contributed by atoms with Gasteiger partial charge < -0.3 is 0 Å². The molecule has 2 rings (SSSR count). The van der Waals surface area contributed by atoms with Crippen LogP contribution in [0.5, 0.6) is 0 Å². The van der Waals surface area contributed by atoms with Crippen molar-refractivity contribution in [2.24, 2.45) is 5.92 Å². The van der Waals surface area contributed by atoms with Gasteiger partial charge in [0.2, 0.25) is 0 Å². The van der Waals surface area contributed by atoms with Gasteiger partial charge in [-0.2, -0.15) is 0 Å². The smallest absolute Gasteiger partial charge is 0.110 e. The Labute approximate surface area is 106 Å². The van der Waals surface area contributed by atoms with Crippen molar-refractivity contribution in [1.82, 2.24) is 0 Å². The highest BCUT2D eigenvalue weighted by Crippen LogP contribution is 2.70. The summed E-state index contributed by atoms with van der Waals surface area (Å²) in [5, 5.41) is 0.307. The molecule has 2 atom stereocenters. The molecular weight excluding hydrogens is 297 g/mol. The van der Waals surface area contributed by atoms with Gasteiger partial charge in [-0.25, -0.2) is 0 Å². The van der Waals surface area contributed by atoms with E-state index >= 15 is 0 Å². The Hall–Kier alpha value is 1.48. The van der Waals surface area contributed by atoms with Crippen LogP contribution in [0.1, 0.15) is 6.42 Å². The first-order valence-corrected chi connectivity index (χ1v) is 5.74. The summed E-state index contributed by atoms with van der Waals surface area (Å²) in [4.78, 5) is -1.09. The predicted octanol–water partition coefficient (Wildman–Crippen LogP) is 4.27. The van der Waals surface area contributed by atoms with Gasteiger partial charge in [-0.3, -0.25) is 0 Å². The summed E-state index contributed by atoms with van der Waals surface area (Å²) in [5.41, 5.74) is 0. The monoisotopic (exact) mass is 297 g/mol. The zero-order valence-electron chi connectivity index (χ0n) is 6.05. The quantitative estimate of drug-likeness (QED) is 0.586. The van der Waals surface area contributed by atoms with E-state index in [1.165, 1.54) is 0 Å². The SMILES string of the molecule is ClC1=[C]C2CC1(Cl)C(Cl)(Cl)C2(Cl)Cl. The summed E-state index contributed by atoms with van der Waals surface area (Å²) in [5.74, 6) is -0.309. The fourth-order valence-corrected chi connectivity index (χ4v) is 3.75. The van der Waals surface area contributed by atoms with Crippen LogP contribution in [-0.4, -0.2) is 13.5 Å². The summed E-state index contributed by atoms with van der Waals surface area (Å²) < 4.78 is -2.80. The fraction of sp³-hybridized carbons (Fsp3) is 0.714. The van der Waals surface area contributed by atoms with Gasteiger partial charge >= 0.3 is 0 Å². The predicted molar refractivity (Wildman–Crippen MR) is 58.2 cm³/mol. The van der Waals surface area contributed by atoms with Crippen LogP contribution >= 0.6 is 69.6 Å². The Kier molecular flexibility index (Phi) is 2.35. The number of allylic oxidation sites excluding steroid dienone is 2. The molecule has 6 heteroatoms. The normalized spacial score (nSPS) is 45.1. The van der Waals surface area contributed by atoms with Gasteiger partial charge in [-0.05, 0) is 12.5 Å². The molecule has 0 aliphatic heterocycles. The van der Waals surface area contributed by atoms with Crippen LogP contribution in [0.25, 0.3) is 0 Å². The third-order valence-corrected chi connectivity index (χ3v) is 6.56. The Morgan fingerprint density at radius 2 is 1.69 bits per heavy atom. The molecule has 0 saturated heterocycles. The van der Waals surface area contributed by atoms with Crippen LogP contribution < -0.4 is 0 Å². The van der Waals surface area contributed by atoms with E-state index in [0.29, 0.717) is 11.5 Å². The highest BCUT2D eigenvalue weighted by atomic mass is 35.5. The van der Waals surface area contributed by atoms with Crippen molar-refractivity contribution in [3.8, 4) is 0 Å². The molecule has 1 radical (unpaired) electrons. The Balaban J connectivity index is 2.58. The molecule has 2 aliphatic carbocycles. The molecule has 0 aromatic rings. The van der Waals surface area contributed by atoms with E-state index in [2.05, 4.69) is 6.08 Å². The van der Waals surface area contributed by atoms with Crippen molar-refractivity contribution < 1.29 is 0 Å². The molecule has 0 heterocycles. The number of alkyl halides is 5. The number of hydrogen-bond acceptors (Lipinski definition) is 0. The van der Waals surface area contributed by atoms with E-state index in [0.717, 1.165) is 0 Å². The van der Waals surface area contributed by atoms with E-state index < -0.39 is 13.5 Å². The Bertz CT molecular complexity index is 293. The van der Waals surface area contributed by atoms with Gasteiger partial charge in [0.25, 0.3) is 0 Å². The molecule has 2 unspecified atom stereocenters. The lowest BCUT2D eigenvalue weighted by molar-refractivity contribution is 0.609. The fourth-order valence-electron chi connectivity index (χ4n) is 1.66. The minimum atomic E-state index is -1.47. The molecule has 2 bridgehead atoms. The second-order valence-corrected chi connectivity index (χ2v) is 6.95. The van der Waals surface area contributed by atoms with Gasteiger partial charge in [-0.1, -0.05) is 58.0 Å². The van der Waals surface area contributed by atoms with E-state index in [1.54, 1.807) is 0 Å². The average molecular weight is 300 g/mol. The second-order valence-electron chi connectivity index (χ2n) is 3.21. The third kappa shape index (κ3) is 1.08. The lowest BCUT2D eigenvalue weighted by atomic mass is 10.0. The highest BCUT2D eigenvalue weighted by Gasteiger charge is 2.74. The first kappa shape index (κ1) is 11.0. The second kappa shape index (κ2) is 2.78. The van der Waals surface area contributed by atoms with Crippen molar-refractivity contribution in [3.05, 3.63) is 11.1 Å². The first-order valence-electron chi connectivity index (χ1n) is 3.47. The van der Waals surface area contributed by atoms with E-state index in [1.807, 2.05) is 0 Å². The Morgan fingerprint density at radius 1 is 1.15 bits per heavy atom.